The molecule has 1 unspecified atom stereocenters. The predicted molar refractivity (Wildman–Crippen MR) is 71.0 cm³/mol. The summed E-state index contributed by atoms with van der Waals surface area (Å²) in [4.78, 5) is 24.7. The summed E-state index contributed by atoms with van der Waals surface area (Å²) in [7, 11) is 0. The molecule has 5 heteroatoms. The van der Waals surface area contributed by atoms with Crippen molar-refractivity contribution in [2.75, 3.05) is 19.6 Å². The number of alkyl halides is 1. The molecule has 4 nitrogen and oxygen atoms in total. The lowest BCUT2D eigenvalue weighted by Gasteiger charge is -2.17. The minimum atomic E-state index is -0.129. The molecule has 0 aliphatic carbocycles. The Morgan fingerprint density at radius 1 is 1.53 bits per heavy atom. The molecule has 1 saturated heterocycles. The Bertz CT molecular complexity index is 282. The lowest BCUT2D eigenvalue weighted by atomic mass is 10.1. The van der Waals surface area contributed by atoms with Crippen molar-refractivity contribution in [1.82, 2.24) is 10.2 Å². The van der Waals surface area contributed by atoms with Gasteiger partial charge in [-0.25, -0.2) is 0 Å². The maximum Gasteiger partial charge on any atom is 0.234 e. The molecule has 1 fully saturated rings. The van der Waals surface area contributed by atoms with Gasteiger partial charge in [-0.3, -0.25) is 9.59 Å². The third kappa shape index (κ3) is 4.66. The minimum Gasteiger partial charge on any atom is -0.355 e. The highest BCUT2D eigenvalue weighted by atomic mass is 79.9. The Morgan fingerprint density at radius 2 is 2.24 bits per heavy atom. The fraction of sp³-hybridized carbons (Fsp3) is 0.833. The van der Waals surface area contributed by atoms with E-state index in [1.165, 1.54) is 0 Å². The molecule has 98 valence electrons. The van der Waals surface area contributed by atoms with Gasteiger partial charge in [-0.2, -0.15) is 0 Å². The van der Waals surface area contributed by atoms with Gasteiger partial charge < -0.3 is 10.2 Å². The Balaban J connectivity index is 2.11. The highest BCUT2D eigenvalue weighted by Gasteiger charge is 2.20. The predicted octanol–water partition coefficient (Wildman–Crippen LogP) is 1.53. The zero-order valence-corrected chi connectivity index (χ0v) is 12.1. The molecule has 1 rings (SSSR count). The van der Waals surface area contributed by atoms with Crippen LogP contribution in [0.2, 0.25) is 0 Å². The Morgan fingerprint density at radius 3 is 2.76 bits per heavy atom. The summed E-state index contributed by atoms with van der Waals surface area (Å²) in [6.45, 7) is 6.27. The monoisotopic (exact) mass is 304 g/mol. The molecular formula is C12H21BrN2O2. The van der Waals surface area contributed by atoms with Crippen molar-refractivity contribution >= 4 is 27.7 Å². The van der Waals surface area contributed by atoms with Crippen LogP contribution in [0.25, 0.3) is 0 Å². The molecule has 17 heavy (non-hydrogen) atoms. The average molecular weight is 305 g/mol. The second-order valence-corrected chi connectivity index (χ2v) is 5.76. The van der Waals surface area contributed by atoms with Crippen molar-refractivity contribution in [3.8, 4) is 0 Å². The van der Waals surface area contributed by atoms with Crippen LogP contribution in [0.4, 0.5) is 0 Å². The number of carbonyl (C=O) groups excluding carboxylic acids is 2. The number of likely N-dealkylation sites (tertiary alicyclic amines) is 1. The van der Waals surface area contributed by atoms with Crippen molar-refractivity contribution < 1.29 is 9.59 Å². The van der Waals surface area contributed by atoms with Gasteiger partial charge in [-0.1, -0.05) is 29.8 Å². The van der Waals surface area contributed by atoms with Gasteiger partial charge in [-0.15, -0.1) is 0 Å². The van der Waals surface area contributed by atoms with E-state index in [2.05, 4.69) is 21.2 Å². The lowest BCUT2D eigenvalue weighted by molar-refractivity contribution is -0.127. The first-order chi connectivity index (χ1) is 8.02. The highest BCUT2D eigenvalue weighted by Crippen LogP contribution is 2.12. The van der Waals surface area contributed by atoms with E-state index in [-0.39, 0.29) is 22.6 Å². The van der Waals surface area contributed by atoms with Crippen LogP contribution < -0.4 is 5.32 Å². The molecule has 0 saturated carbocycles. The maximum atomic E-state index is 11.6. The molecule has 1 heterocycles. The van der Waals surface area contributed by atoms with Crippen molar-refractivity contribution in [1.29, 1.82) is 0 Å². The molecular weight excluding hydrogens is 284 g/mol. The lowest BCUT2D eigenvalue weighted by Crippen LogP contribution is -2.36. The minimum absolute atomic E-state index is 0.0350. The first-order valence-corrected chi connectivity index (χ1v) is 7.13. The number of rotatable bonds is 6. The van der Waals surface area contributed by atoms with Gasteiger partial charge in [0.2, 0.25) is 11.8 Å². The fourth-order valence-corrected chi connectivity index (χ4v) is 1.98. The van der Waals surface area contributed by atoms with Crippen molar-refractivity contribution in [2.45, 2.75) is 37.9 Å². The van der Waals surface area contributed by atoms with Crippen molar-refractivity contribution in [3.05, 3.63) is 0 Å². The number of nitrogens with zero attached hydrogens (tertiary/aromatic N) is 1. The summed E-state index contributed by atoms with van der Waals surface area (Å²) < 4.78 is 0. The van der Waals surface area contributed by atoms with Crippen LogP contribution in [-0.4, -0.2) is 41.2 Å². The van der Waals surface area contributed by atoms with Gasteiger partial charge in [0.15, 0.2) is 0 Å². The van der Waals surface area contributed by atoms with Gasteiger partial charge in [-0.05, 0) is 18.8 Å². The quantitative estimate of drug-likeness (QED) is 0.598. The van der Waals surface area contributed by atoms with E-state index in [0.717, 1.165) is 25.9 Å². The molecule has 0 aromatic heterocycles. The summed E-state index contributed by atoms with van der Waals surface area (Å²) in [5.41, 5.74) is 0. The SMILES string of the molecule is CC(C)C(Br)C(=O)NCCCN1CCCC1=O. The van der Waals surface area contributed by atoms with E-state index in [4.69, 9.17) is 0 Å². The van der Waals surface area contributed by atoms with Crippen LogP contribution in [0.15, 0.2) is 0 Å². The maximum absolute atomic E-state index is 11.6. The van der Waals surface area contributed by atoms with Gasteiger partial charge >= 0.3 is 0 Å². The van der Waals surface area contributed by atoms with Crippen LogP contribution in [0.5, 0.6) is 0 Å². The molecule has 0 spiro atoms. The molecule has 0 aromatic carbocycles. The Hall–Kier alpha value is -0.580. The second kappa shape index (κ2) is 6.99. The molecule has 0 bridgehead atoms. The number of hydrogen-bond acceptors (Lipinski definition) is 2. The normalized spacial score (nSPS) is 17.6. The van der Waals surface area contributed by atoms with Crippen LogP contribution >= 0.6 is 15.9 Å². The summed E-state index contributed by atoms with van der Waals surface area (Å²) in [6.07, 6.45) is 2.49. The second-order valence-electron chi connectivity index (χ2n) is 4.77. The van der Waals surface area contributed by atoms with Gasteiger partial charge in [0, 0.05) is 26.1 Å². The first-order valence-electron chi connectivity index (χ1n) is 6.22. The number of halogens is 1. The smallest absolute Gasteiger partial charge is 0.234 e. The summed E-state index contributed by atoms with van der Waals surface area (Å²) in [6, 6.07) is 0. The Labute approximate surface area is 111 Å². The molecule has 1 aliphatic rings. The zero-order valence-electron chi connectivity index (χ0n) is 10.5. The molecule has 1 aliphatic heterocycles. The van der Waals surface area contributed by atoms with E-state index in [9.17, 15) is 9.59 Å². The van der Waals surface area contributed by atoms with E-state index >= 15 is 0 Å². The Kier molecular flexibility index (Phi) is 5.95. The summed E-state index contributed by atoms with van der Waals surface area (Å²) in [5.74, 6) is 0.569. The van der Waals surface area contributed by atoms with Crippen molar-refractivity contribution in [3.63, 3.8) is 0 Å². The molecule has 0 aromatic rings. The van der Waals surface area contributed by atoms with E-state index < -0.39 is 0 Å². The van der Waals surface area contributed by atoms with Crippen LogP contribution in [0.1, 0.15) is 33.1 Å². The number of hydrogen-bond donors (Lipinski definition) is 1. The zero-order chi connectivity index (χ0) is 12.8. The molecule has 2 amide bonds. The third-order valence-electron chi connectivity index (χ3n) is 2.91. The van der Waals surface area contributed by atoms with E-state index in [0.29, 0.717) is 13.0 Å². The van der Waals surface area contributed by atoms with Crippen molar-refractivity contribution in [2.24, 2.45) is 5.92 Å². The van der Waals surface area contributed by atoms with E-state index in [1.807, 2.05) is 18.7 Å². The standard InChI is InChI=1S/C12H21BrN2O2/c1-9(2)11(13)12(17)14-6-4-8-15-7-3-5-10(15)16/h9,11H,3-8H2,1-2H3,(H,14,17). The highest BCUT2D eigenvalue weighted by molar-refractivity contribution is 9.10. The van der Waals surface area contributed by atoms with Crippen LogP contribution in [-0.2, 0) is 9.59 Å². The van der Waals surface area contributed by atoms with Gasteiger partial charge in [0.25, 0.3) is 0 Å². The fourth-order valence-electron chi connectivity index (χ4n) is 1.82. The number of nitrogens with one attached hydrogen (secondary N) is 1. The summed E-state index contributed by atoms with van der Waals surface area (Å²) in [5, 5.41) is 2.88. The topological polar surface area (TPSA) is 49.4 Å². The van der Waals surface area contributed by atoms with Gasteiger partial charge in [0.05, 0.1) is 4.83 Å². The summed E-state index contributed by atoms with van der Waals surface area (Å²) >= 11 is 3.36. The third-order valence-corrected chi connectivity index (χ3v) is 4.38. The molecule has 1 atom stereocenters. The number of amides is 2. The van der Waals surface area contributed by atoms with Crippen LogP contribution in [0.3, 0.4) is 0 Å². The first kappa shape index (κ1) is 14.5. The van der Waals surface area contributed by atoms with Gasteiger partial charge in [0.1, 0.15) is 0 Å². The van der Waals surface area contributed by atoms with E-state index in [1.54, 1.807) is 0 Å². The molecule has 1 N–H and O–H groups in total. The average Bonchev–Trinajstić information content (AvgIpc) is 2.69. The molecule has 0 radical (unpaired) electrons. The largest absolute Gasteiger partial charge is 0.355 e. The number of carbonyl (C=O) groups is 2. The van der Waals surface area contributed by atoms with Crippen LogP contribution in [0, 0.1) is 5.92 Å².